The molecule has 1 atom stereocenters. The number of likely N-dealkylation sites (tertiary alicyclic amines) is 1. The lowest BCUT2D eigenvalue weighted by Crippen LogP contribution is -2.48. The fraction of sp³-hybridized carbons (Fsp3) is 0.500. The van der Waals surface area contributed by atoms with Gasteiger partial charge in [-0.1, -0.05) is 11.8 Å². The molecule has 0 aliphatic carbocycles. The van der Waals surface area contributed by atoms with Crippen LogP contribution in [0.5, 0.6) is 0 Å². The molecule has 2 amide bonds. The zero-order chi connectivity index (χ0) is 14.7. The Balaban J connectivity index is 2.17. The molecule has 1 aromatic rings. The third-order valence-electron chi connectivity index (χ3n) is 3.12. The maximum absolute atomic E-state index is 12.0. The molecule has 0 radical (unpaired) electrons. The van der Waals surface area contributed by atoms with Crippen molar-refractivity contribution in [3.63, 3.8) is 0 Å². The molecule has 108 valence electrons. The lowest BCUT2D eigenvalue weighted by atomic mass is 10.0. The van der Waals surface area contributed by atoms with Gasteiger partial charge in [0.25, 0.3) is 5.91 Å². The summed E-state index contributed by atoms with van der Waals surface area (Å²) in [6, 6.07) is 1.32. The van der Waals surface area contributed by atoms with E-state index >= 15 is 0 Å². The van der Waals surface area contributed by atoms with Crippen molar-refractivity contribution in [2.45, 2.75) is 24.0 Å². The Kier molecular flexibility index (Phi) is 4.43. The SMILES string of the molecule is CNc1cc(NC2CCC(=O)N(C)C2=O)nc(SC)n1. The van der Waals surface area contributed by atoms with Crippen LogP contribution in [-0.4, -0.2) is 53.1 Å². The van der Waals surface area contributed by atoms with Crippen LogP contribution < -0.4 is 10.6 Å². The van der Waals surface area contributed by atoms with Gasteiger partial charge in [0, 0.05) is 26.6 Å². The number of anilines is 2. The highest BCUT2D eigenvalue weighted by molar-refractivity contribution is 7.98. The minimum absolute atomic E-state index is 0.142. The minimum atomic E-state index is -0.424. The number of likely N-dealkylation sites (N-methyl/N-ethyl adjacent to an activating group) is 1. The molecule has 0 bridgehead atoms. The first kappa shape index (κ1) is 14.6. The summed E-state index contributed by atoms with van der Waals surface area (Å²) in [6.07, 6.45) is 2.73. The third-order valence-corrected chi connectivity index (χ3v) is 3.66. The van der Waals surface area contributed by atoms with Crippen molar-refractivity contribution in [1.82, 2.24) is 14.9 Å². The van der Waals surface area contributed by atoms with Gasteiger partial charge >= 0.3 is 0 Å². The van der Waals surface area contributed by atoms with E-state index in [1.807, 2.05) is 6.26 Å². The second-order valence-corrected chi connectivity index (χ2v) is 5.18. The van der Waals surface area contributed by atoms with Gasteiger partial charge in [-0.05, 0) is 12.7 Å². The molecule has 7 nitrogen and oxygen atoms in total. The number of carbonyl (C=O) groups excluding carboxylic acids is 2. The standard InChI is InChI=1S/C12H17N5O2S/c1-13-8-6-9(16-12(15-8)20-3)14-7-4-5-10(18)17(2)11(7)19/h6-7H,4-5H2,1-3H3,(H2,13,14,15,16). The predicted molar refractivity (Wildman–Crippen MR) is 77.8 cm³/mol. The van der Waals surface area contributed by atoms with Crippen LogP contribution in [0.1, 0.15) is 12.8 Å². The van der Waals surface area contributed by atoms with Gasteiger partial charge in [-0.2, -0.15) is 0 Å². The number of piperidine rings is 1. The van der Waals surface area contributed by atoms with Gasteiger partial charge in [-0.3, -0.25) is 14.5 Å². The average Bonchev–Trinajstić information content (AvgIpc) is 2.47. The summed E-state index contributed by atoms with van der Waals surface area (Å²) in [7, 11) is 3.28. The number of rotatable bonds is 4. The largest absolute Gasteiger partial charge is 0.373 e. The topological polar surface area (TPSA) is 87.2 Å². The molecule has 1 saturated heterocycles. The van der Waals surface area contributed by atoms with Gasteiger partial charge in [0.1, 0.15) is 17.7 Å². The molecule has 0 saturated carbocycles. The van der Waals surface area contributed by atoms with E-state index < -0.39 is 6.04 Å². The summed E-state index contributed by atoms with van der Waals surface area (Å²) in [5.74, 6) is 0.891. The Morgan fingerprint density at radius 1 is 1.35 bits per heavy atom. The van der Waals surface area contributed by atoms with Crippen molar-refractivity contribution in [1.29, 1.82) is 0 Å². The average molecular weight is 295 g/mol. The monoisotopic (exact) mass is 295 g/mol. The second-order valence-electron chi connectivity index (χ2n) is 4.40. The van der Waals surface area contributed by atoms with Gasteiger partial charge in [0.05, 0.1) is 0 Å². The molecular weight excluding hydrogens is 278 g/mol. The van der Waals surface area contributed by atoms with Crippen LogP contribution in [0.2, 0.25) is 0 Å². The normalized spacial score (nSPS) is 19.1. The van der Waals surface area contributed by atoms with Gasteiger partial charge in [-0.25, -0.2) is 9.97 Å². The Labute approximate surface area is 121 Å². The number of aromatic nitrogens is 2. The van der Waals surface area contributed by atoms with Crippen molar-refractivity contribution in [3.05, 3.63) is 6.07 Å². The molecule has 0 spiro atoms. The summed E-state index contributed by atoms with van der Waals surface area (Å²) < 4.78 is 0. The van der Waals surface area contributed by atoms with Crippen LogP contribution in [0.25, 0.3) is 0 Å². The van der Waals surface area contributed by atoms with Crippen LogP contribution in [-0.2, 0) is 9.59 Å². The third kappa shape index (κ3) is 3.01. The minimum Gasteiger partial charge on any atom is -0.373 e. The van der Waals surface area contributed by atoms with Crippen LogP contribution in [0.15, 0.2) is 11.2 Å². The Hall–Kier alpha value is -1.83. The lowest BCUT2D eigenvalue weighted by Gasteiger charge is -2.28. The number of imide groups is 1. The molecule has 1 aromatic heterocycles. The van der Waals surface area contributed by atoms with E-state index in [9.17, 15) is 9.59 Å². The van der Waals surface area contributed by atoms with E-state index in [2.05, 4.69) is 20.6 Å². The van der Waals surface area contributed by atoms with Crippen molar-refractivity contribution in [2.75, 3.05) is 31.0 Å². The first-order valence-electron chi connectivity index (χ1n) is 6.23. The highest BCUT2D eigenvalue weighted by Crippen LogP contribution is 2.20. The molecule has 2 rings (SSSR count). The Morgan fingerprint density at radius 3 is 2.70 bits per heavy atom. The summed E-state index contributed by atoms with van der Waals surface area (Å²) in [6.45, 7) is 0. The maximum Gasteiger partial charge on any atom is 0.251 e. The molecular formula is C12H17N5O2S. The molecule has 2 N–H and O–H groups in total. The van der Waals surface area contributed by atoms with E-state index in [1.54, 1.807) is 13.1 Å². The van der Waals surface area contributed by atoms with E-state index in [-0.39, 0.29) is 11.8 Å². The highest BCUT2D eigenvalue weighted by atomic mass is 32.2. The lowest BCUT2D eigenvalue weighted by molar-refractivity contribution is -0.146. The zero-order valence-corrected chi connectivity index (χ0v) is 12.5. The fourth-order valence-corrected chi connectivity index (χ4v) is 2.33. The molecule has 0 aromatic carbocycles. The zero-order valence-electron chi connectivity index (χ0n) is 11.6. The smallest absolute Gasteiger partial charge is 0.251 e. The Bertz CT molecular complexity index is 514. The highest BCUT2D eigenvalue weighted by Gasteiger charge is 2.31. The summed E-state index contributed by atoms with van der Waals surface area (Å²) in [5.41, 5.74) is 0. The first-order valence-corrected chi connectivity index (χ1v) is 7.45. The van der Waals surface area contributed by atoms with Crippen molar-refractivity contribution < 1.29 is 9.59 Å². The number of nitrogens with one attached hydrogen (secondary N) is 2. The van der Waals surface area contributed by atoms with Crippen molar-refractivity contribution in [3.8, 4) is 0 Å². The number of thioether (sulfide) groups is 1. The fourth-order valence-electron chi connectivity index (χ4n) is 1.95. The first-order chi connectivity index (χ1) is 9.55. The van der Waals surface area contributed by atoms with Crippen LogP contribution in [0, 0.1) is 0 Å². The molecule has 1 unspecified atom stereocenters. The van der Waals surface area contributed by atoms with Gasteiger partial charge in [-0.15, -0.1) is 0 Å². The number of hydrogen-bond donors (Lipinski definition) is 2. The van der Waals surface area contributed by atoms with Crippen molar-refractivity contribution >= 4 is 35.2 Å². The number of carbonyl (C=O) groups is 2. The van der Waals surface area contributed by atoms with Crippen LogP contribution in [0.4, 0.5) is 11.6 Å². The molecule has 20 heavy (non-hydrogen) atoms. The molecule has 8 heteroatoms. The molecule has 1 aliphatic heterocycles. The number of nitrogens with zero attached hydrogens (tertiary/aromatic N) is 3. The van der Waals surface area contributed by atoms with Crippen LogP contribution >= 0.6 is 11.8 Å². The van der Waals surface area contributed by atoms with E-state index in [0.29, 0.717) is 29.6 Å². The number of amides is 2. The van der Waals surface area contributed by atoms with E-state index in [1.165, 1.54) is 18.8 Å². The van der Waals surface area contributed by atoms with E-state index in [0.717, 1.165) is 4.90 Å². The summed E-state index contributed by atoms with van der Waals surface area (Å²) in [4.78, 5) is 33.2. The van der Waals surface area contributed by atoms with Gasteiger partial charge in [0.2, 0.25) is 5.91 Å². The number of hydrogen-bond acceptors (Lipinski definition) is 7. The van der Waals surface area contributed by atoms with Gasteiger partial charge < -0.3 is 10.6 Å². The molecule has 1 fully saturated rings. The quantitative estimate of drug-likeness (QED) is 0.482. The Morgan fingerprint density at radius 2 is 2.05 bits per heavy atom. The van der Waals surface area contributed by atoms with Crippen molar-refractivity contribution in [2.24, 2.45) is 0 Å². The summed E-state index contributed by atoms with van der Waals surface area (Å²) >= 11 is 1.42. The van der Waals surface area contributed by atoms with Crippen LogP contribution in [0.3, 0.4) is 0 Å². The molecule has 1 aliphatic rings. The van der Waals surface area contributed by atoms with E-state index in [4.69, 9.17) is 0 Å². The maximum atomic E-state index is 12.0. The summed E-state index contributed by atoms with van der Waals surface area (Å²) in [5, 5.41) is 6.65. The second kappa shape index (κ2) is 6.08. The predicted octanol–water partition coefficient (Wildman–Crippen LogP) is 0.799. The van der Waals surface area contributed by atoms with Gasteiger partial charge in [0.15, 0.2) is 5.16 Å². The molecule has 2 heterocycles.